The molecule has 0 saturated heterocycles. The van der Waals surface area contributed by atoms with E-state index in [1.807, 2.05) is 21.1 Å². The Labute approximate surface area is 503 Å². The van der Waals surface area contributed by atoms with Gasteiger partial charge in [0.1, 0.15) is 19.8 Å². The van der Waals surface area contributed by atoms with Gasteiger partial charge in [-0.15, -0.1) is 0 Å². The van der Waals surface area contributed by atoms with Gasteiger partial charge >= 0.3 is 19.8 Å². The Hall–Kier alpha value is -4.37. The molecule has 0 radical (unpaired) electrons. The van der Waals surface area contributed by atoms with Gasteiger partial charge in [-0.1, -0.05) is 255 Å². The molecule has 0 heterocycles. The summed E-state index contributed by atoms with van der Waals surface area (Å²) in [6.45, 7) is 4.16. The van der Waals surface area contributed by atoms with Crippen molar-refractivity contribution >= 4 is 19.8 Å². The molecule has 0 saturated carbocycles. The molecule has 0 spiro atoms. The van der Waals surface area contributed by atoms with E-state index in [-0.39, 0.29) is 32.0 Å². The van der Waals surface area contributed by atoms with Gasteiger partial charge in [0.05, 0.1) is 27.7 Å². The first kappa shape index (κ1) is 77.6. The highest BCUT2D eigenvalue weighted by molar-refractivity contribution is 7.47. The van der Waals surface area contributed by atoms with E-state index in [0.29, 0.717) is 17.4 Å². The number of hydrogen-bond acceptors (Lipinski definition) is 7. The lowest BCUT2D eigenvalue weighted by molar-refractivity contribution is -0.870. The van der Waals surface area contributed by atoms with E-state index in [2.05, 4.69) is 172 Å². The van der Waals surface area contributed by atoms with E-state index < -0.39 is 26.5 Å². The number of hydrogen-bond donors (Lipinski definition) is 1. The maximum atomic E-state index is 12.8. The first-order valence-electron chi connectivity index (χ1n) is 32.2. The second-order valence-electron chi connectivity index (χ2n) is 22.0. The maximum absolute atomic E-state index is 12.8. The van der Waals surface area contributed by atoms with E-state index in [0.717, 1.165) is 128 Å². The number of nitrogens with zero attached hydrogens (tertiary/aromatic N) is 1. The summed E-state index contributed by atoms with van der Waals surface area (Å²) in [7, 11) is 1.44. The van der Waals surface area contributed by atoms with Crippen LogP contribution in [0.1, 0.15) is 232 Å². The molecule has 0 aliphatic rings. The standard InChI is InChI=1S/C72H118NO8P/c1-6-8-10-12-14-16-18-20-22-24-26-28-30-32-34-36-38-40-42-44-46-48-50-52-54-56-58-60-62-64-71(74)78-68-70(69-80-82(76,77)79-67-66-73(3,4)5)81-72(75)65-63-61-59-57-55-53-51-49-47-45-43-41-39-37-35-33-31-29-27-25-23-21-19-17-15-13-11-9-7-2/h8-11,14-17,20-23,26-29,32-35,39,41,45,47,51,53,70H,6-7,12-13,18-19,24-25,30-31,36-38,40,42-44,46,48-50,52,54-69H2,1-5H3/p+1/b10-8-,11-9-,16-14-,17-15-,22-20-,23-21-,28-26-,29-27-,34-32-,35-33-,41-39-,47-45-,53-51-. The van der Waals surface area contributed by atoms with E-state index in [4.69, 9.17) is 18.5 Å². The number of rotatable bonds is 57. The molecule has 464 valence electrons. The number of likely N-dealkylation sites (N-methyl/N-ethyl adjacent to an activating group) is 1. The van der Waals surface area contributed by atoms with Crippen LogP contribution in [0.5, 0.6) is 0 Å². The molecule has 0 aromatic heterocycles. The Morgan fingerprint density at radius 3 is 0.976 bits per heavy atom. The van der Waals surface area contributed by atoms with Gasteiger partial charge in [0.2, 0.25) is 0 Å². The lowest BCUT2D eigenvalue weighted by Crippen LogP contribution is -2.37. The highest BCUT2D eigenvalue weighted by Gasteiger charge is 2.27. The van der Waals surface area contributed by atoms with E-state index in [1.54, 1.807) is 0 Å². The number of phosphoric acid groups is 1. The molecular formula is C72H119NO8P+. The molecule has 0 rings (SSSR count). The maximum Gasteiger partial charge on any atom is 0.472 e. The van der Waals surface area contributed by atoms with Crippen LogP contribution in [0.3, 0.4) is 0 Å². The molecule has 0 aromatic carbocycles. The molecular weight excluding hydrogens is 1040 g/mol. The highest BCUT2D eigenvalue weighted by atomic mass is 31.2. The topological polar surface area (TPSA) is 108 Å². The third-order valence-electron chi connectivity index (χ3n) is 13.1. The Kier molecular flexibility index (Phi) is 57.9. The number of carbonyl (C=O) groups excluding carboxylic acids is 2. The van der Waals surface area contributed by atoms with E-state index >= 15 is 0 Å². The van der Waals surface area contributed by atoms with Crippen LogP contribution >= 0.6 is 7.82 Å². The molecule has 1 N–H and O–H groups in total. The minimum atomic E-state index is -4.41. The van der Waals surface area contributed by atoms with Gasteiger partial charge in [0.15, 0.2) is 6.10 Å². The second-order valence-corrected chi connectivity index (χ2v) is 23.5. The molecule has 9 nitrogen and oxygen atoms in total. The summed E-state index contributed by atoms with van der Waals surface area (Å²) in [5, 5.41) is 0. The summed E-state index contributed by atoms with van der Waals surface area (Å²) in [4.78, 5) is 35.8. The molecule has 0 amide bonds. The zero-order chi connectivity index (χ0) is 59.8. The van der Waals surface area contributed by atoms with E-state index in [9.17, 15) is 19.0 Å². The third-order valence-corrected chi connectivity index (χ3v) is 14.0. The minimum Gasteiger partial charge on any atom is -0.462 e. The van der Waals surface area contributed by atoms with Crippen LogP contribution in [0.4, 0.5) is 0 Å². The zero-order valence-electron chi connectivity index (χ0n) is 52.7. The van der Waals surface area contributed by atoms with Crippen LogP contribution in [0.15, 0.2) is 158 Å². The Morgan fingerprint density at radius 2 is 0.659 bits per heavy atom. The molecule has 2 atom stereocenters. The molecule has 2 unspecified atom stereocenters. The van der Waals surface area contributed by atoms with E-state index in [1.165, 1.54) is 70.6 Å². The van der Waals surface area contributed by atoms with Crippen molar-refractivity contribution in [3.8, 4) is 0 Å². The first-order chi connectivity index (χ1) is 40.0. The molecule has 10 heteroatoms. The highest BCUT2D eigenvalue weighted by Crippen LogP contribution is 2.43. The molecule has 0 fully saturated rings. The van der Waals surface area contributed by atoms with Gasteiger partial charge in [-0.3, -0.25) is 18.6 Å². The summed E-state index contributed by atoms with van der Waals surface area (Å²) in [5.74, 6) is -0.838. The normalized spacial score (nSPS) is 14.3. The van der Waals surface area contributed by atoms with Crippen molar-refractivity contribution < 1.29 is 42.1 Å². The van der Waals surface area contributed by atoms with Crippen molar-refractivity contribution in [2.75, 3.05) is 47.5 Å². The molecule has 0 aliphatic heterocycles. The van der Waals surface area contributed by atoms with Crippen molar-refractivity contribution in [2.24, 2.45) is 0 Å². The first-order valence-corrected chi connectivity index (χ1v) is 33.7. The van der Waals surface area contributed by atoms with Crippen LogP contribution in [-0.2, 0) is 32.7 Å². The van der Waals surface area contributed by atoms with Crippen LogP contribution in [0.25, 0.3) is 0 Å². The number of ether oxygens (including phenoxy) is 2. The second kappa shape index (κ2) is 61.2. The fourth-order valence-corrected chi connectivity index (χ4v) is 8.92. The average Bonchev–Trinajstić information content (AvgIpc) is 3.45. The lowest BCUT2D eigenvalue weighted by Gasteiger charge is -2.24. The summed E-state index contributed by atoms with van der Waals surface area (Å²) < 4.78 is 34.6. The number of quaternary nitrogens is 1. The predicted octanol–water partition coefficient (Wildman–Crippen LogP) is 20.8. The Bertz CT molecular complexity index is 1940. The quantitative estimate of drug-likeness (QED) is 0.0211. The minimum absolute atomic E-state index is 0.0175. The van der Waals surface area contributed by atoms with Crippen molar-refractivity contribution in [2.45, 2.75) is 238 Å². The fraction of sp³-hybridized carbons (Fsp3) is 0.611. The van der Waals surface area contributed by atoms with Crippen molar-refractivity contribution in [1.29, 1.82) is 0 Å². The monoisotopic (exact) mass is 1160 g/mol. The number of carbonyl (C=O) groups is 2. The smallest absolute Gasteiger partial charge is 0.462 e. The number of phosphoric ester groups is 1. The fourth-order valence-electron chi connectivity index (χ4n) is 8.18. The van der Waals surface area contributed by atoms with Crippen LogP contribution < -0.4 is 0 Å². The Morgan fingerprint density at radius 1 is 0.378 bits per heavy atom. The van der Waals surface area contributed by atoms with Crippen molar-refractivity contribution in [3.63, 3.8) is 0 Å². The molecule has 0 bridgehead atoms. The largest absolute Gasteiger partial charge is 0.472 e. The van der Waals surface area contributed by atoms with Gasteiger partial charge in [-0.2, -0.15) is 0 Å². The third kappa shape index (κ3) is 64.8. The molecule has 0 aliphatic carbocycles. The molecule has 0 aromatic rings. The van der Waals surface area contributed by atoms with Gasteiger partial charge < -0.3 is 18.9 Å². The lowest BCUT2D eigenvalue weighted by atomic mass is 10.0. The van der Waals surface area contributed by atoms with Crippen molar-refractivity contribution in [3.05, 3.63) is 158 Å². The zero-order valence-corrected chi connectivity index (χ0v) is 53.6. The average molecular weight is 1160 g/mol. The van der Waals surface area contributed by atoms with Gasteiger partial charge in [0.25, 0.3) is 0 Å². The predicted molar refractivity (Wildman–Crippen MR) is 353 cm³/mol. The number of esters is 2. The van der Waals surface area contributed by atoms with Crippen molar-refractivity contribution in [1.82, 2.24) is 0 Å². The summed E-state index contributed by atoms with van der Waals surface area (Å²) in [6.07, 6.45) is 91.8. The Balaban J connectivity index is 4.21. The summed E-state index contributed by atoms with van der Waals surface area (Å²) in [5.41, 5.74) is 0. The van der Waals surface area contributed by atoms with Gasteiger partial charge in [-0.05, 0) is 122 Å². The van der Waals surface area contributed by atoms with Gasteiger partial charge in [0, 0.05) is 12.8 Å². The molecule has 82 heavy (non-hydrogen) atoms. The summed E-state index contributed by atoms with van der Waals surface area (Å²) >= 11 is 0. The van der Waals surface area contributed by atoms with Crippen LogP contribution in [-0.4, -0.2) is 74.9 Å². The van der Waals surface area contributed by atoms with Gasteiger partial charge in [-0.25, -0.2) is 4.57 Å². The van der Waals surface area contributed by atoms with Crippen LogP contribution in [0.2, 0.25) is 0 Å². The SMILES string of the molecule is CC/C=C\C/C=C\C/C=C\C/C=C\C/C=C\C/C=C\C/C=C\C/C=C\CCCCCCC(=O)OC(COC(=O)CCCCCCCCCCCCCCC/C=C\C/C=C\C/C=C\C/C=C\C/C=C\CC)COP(=O)(O)OCC[N+](C)(C)C. The summed E-state index contributed by atoms with van der Waals surface area (Å²) in [6, 6.07) is 0. The van der Waals surface area contributed by atoms with Crippen LogP contribution in [0, 0.1) is 0 Å². The number of allylic oxidation sites excluding steroid dienone is 26. The number of unbranched alkanes of at least 4 members (excludes halogenated alkanes) is 17.